The Hall–Kier alpha value is -3.09. The van der Waals surface area contributed by atoms with E-state index in [1.54, 1.807) is 0 Å². The molecule has 0 spiro atoms. The summed E-state index contributed by atoms with van der Waals surface area (Å²) in [4.78, 5) is 25.5. The van der Waals surface area contributed by atoms with Crippen molar-refractivity contribution in [1.82, 2.24) is 19.9 Å². The van der Waals surface area contributed by atoms with Crippen LogP contribution in [0.2, 0.25) is 0 Å². The fourth-order valence-corrected chi connectivity index (χ4v) is 4.75. The topological polar surface area (TPSA) is 103 Å². The SMILES string of the molecule is O=C(O)C(CCN(CCCCc1ccc2c(n1)NCCC2)C1CC(F)(F)C1)Nc1ncc(C(F)(F)F)cn1. The van der Waals surface area contributed by atoms with E-state index >= 15 is 0 Å². The number of fused-ring (bicyclic) bond motifs is 1. The summed E-state index contributed by atoms with van der Waals surface area (Å²) >= 11 is 0. The van der Waals surface area contributed by atoms with E-state index in [1.165, 1.54) is 5.56 Å². The minimum Gasteiger partial charge on any atom is -0.480 e. The summed E-state index contributed by atoms with van der Waals surface area (Å²) in [6, 6.07) is 2.56. The highest BCUT2D eigenvalue weighted by molar-refractivity contribution is 5.76. The number of nitrogens with one attached hydrogen (secondary N) is 2. The summed E-state index contributed by atoms with van der Waals surface area (Å²) in [5, 5.41) is 15.4. The van der Waals surface area contributed by atoms with Crippen molar-refractivity contribution in [2.75, 3.05) is 30.3 Å². The monoisotopic (exact) mass is 542 g/mol. The van der Waals surface area contributed by atoms with Gasteiger partial charge in [0.05, 0.1) is 5.56 Å². The molecule has 1 fully saturated rings. The van der Waals surface area contributed by atoms with Crippen LogP contribution in [0.4, 0.5) is 33.7 Å². The van der Waals surface area contributed by atoms with E-state index in [1.807, 2.05) is 11.0 Å². The molecule has 0 bridgehead atoms. The molecule has 3 heterocycles. The molecule has 0 radical (unpaired) electrons. The molecule has 1 saturated carbocycles. The van der Waals surface area contributed by atoms with Crippen molar-refractivity contribution < 1.29 is 31.9 Å². The first-order chi connectivity index (χ1) is 18.0. The Labute approximate surface area is 217 Å². The van der Waals surface area contributed by atoms with Crippen LogP contribution in [0.15, 0.2) is 24.5 Å². The van der Waals surface area contributed by atoms with Gasteiger partial charge in [-0.05, 0) is 56.7 Å². The molecule has 2 aromatic heterocycles. The van der Waals surface area contributed by atoms with Crippen LogP contribution >= 0.6 is 0 Å². The number of carbonyl (C=O) groups is 1. The molecule has 0 saturated heterocycles. The number of unbranched alkanes of at least 4 members (excludes halogenated alkanes) is 1. The number of carboxylic acids is 1. The van der Waals surface area contributed by atoms with Crippen LogP contribution in [0.3, 0.4) is 0 Å². The largest absolute Gasteiger partial charge is 0.480 e. The predicted octanol–water partition coefficient (Wildman–Crippen LogP) is 4.63. The number of alkyl halides is 5. The average Bonchev–Trinajstić information content (AvgIpc) is 2.85. The number of hydrogen-bond acceptors (Lipinski definition) is 7. The molecule has 4 rings (SSSR count). The maximum Gasteiger partial charge on any atom is 0.419 e. The second-order valence-electron chi connectivity index (χ2n) is 9.87. The molecule has 0 amide bonds. The normalized spacial score (nSPS) is 17.8. The third kappa shape index (κ3) is 7.49. The number of carboxylic acid groups (broad SMARTS) is 1. The van der Waals surface area contributed by atoms with E-state index < -0.39 is 29.7 Å². The highest BCUT2D eigenvalue weighted by Gasteiger charge is 2.47. The zero-order valence-corrected chi connectivity index (χ0v) is 20.8. The zero-order chi connectivity index (χ0) is 27.3. The first-order valence-corrected chi connectivity index (χ1v) is 12.7. The Bertz CT molecular complexity index is 1090. The number of pyridine rings is 1. The molecule has 2 aromatic rings. The Balaban J connectivity index is 1.30. The second-order valence-corrected chi connectivity index (χ2v) is 9.87. The molecule has 13 heteroatoms. The molecule has 38 heavy (non-hydrogen) atoms. The van der Waals surface area contributed by atoms with Crippen LogP contribution in [0.25, 0.3) is 0 Å². The second kappa shape index (κ2) is 11.7. The Morgan fingerprint density at radius 2 is 1.92 bits per heavy atom. The molecule has 1 aliphatic carbocycles. The summed E-state index contributed by atoms with van der Waals surface area (Å²) in [6.07, 6.45) is 0.378. The number of aryl methyl sites for hydroxylation is 2. The van der Waals surface area contributed by atoms with Gasteiger partial charge in [-0.25, -0.2) is 28.5 Å². The third-order valence-electron chi connectivity index (χ3n) is 6.95. The summed E-state index contributed by atoms with van der Waals surface area (Å²) in [5.41, 5.74) is 1.13. The smallest absolute Gasteiger partial charge is 0.419 e. The van der Waals surface area contributed by atoms with Crippen molar-refractivity contribution in [3.05, 3.63) is 41.3 Å². The fourth-order valence-electron chi connectivity index (χ4n) is 4.75. The minimum absolute atomic E-state index is 0.0415. The minimum atomic E-state index is -4.61. The number of anilines is 2. The number of nitrogens with zero attached hydrogens (tertiary/aromatic N) is 4. The molecule has 2 aliphatic rings. The van der Waals surface area contributed by atoms with Crippen molar-refractivity contribution in [2.45, 2.75) is 75.5 Å². The third-order valence-corrected chi connectivity index (χ3v) is 6.95. The van der Waals surface area contributed by atoms with Gasteiger partial charge < -0.3 is 15.7 Å². The Kier molecular flexibility index (Phi) is 8.64. The van der Waals surface area contributed by atoms with Crippen LogP contribution in [0.5, 0.6) is 0 Å². The maximum atomic E-state index is 13.6. The quantitative estimate of drug-likeness (QED) is 0.264. The van der Waals surface area contributed by atoms with E-state index in [2.05, 4.69) is 31.7 Å². The molecule has 208 valence electrons. The van der Waals surface area contributed by atoms with Gasteiger partial charge in [0.2, 0.25) is 5.95 Å². The van der Waals surface area contributed by atoms with Crippen LogP contribution < -0.4 is 10.6 Å². The van der Waals surface area contributed by atoms with Gasteiger partial charge in [-0.3, -0.25) is 4.90 Å². The summed E-state index contributed by atoms with van der Waals surface area (Å²) in [7, 11) is 0. The summed E-state index contributed by atoms with van der Waals surface area (Å²) in [5.74, 6) is -3.28. The van der Waals surface area contributed by atoms with Crippen molar-refractivity contribution in [3.63, 3.8) is 0 Å². The first kappa shape index (κ1) is 27.9. The van der Waals surface area contributed by atoms with Gasteiger partial charge in [-0.15, -0.1) is 0 Å². The molecular formula is C25H31F5N6O2. The Morgan fingerprint density at radius 1 is 1.18 bits per heavy atom. The number of aliphatic carboxylic acids is 1. The van der Waals surface area contributed by atoms with E-state index in [9.17, 15) is 31.9 Å². The maximum absolute atomic E-state index is 13.6. The van der Waals surface area contributed by atoms with Crippen molar-refractivity contribution in [2.24, 2.45) is 0 Å². The van der Waals surface area contributed by atoms with Gasteiger partial charge >= 0.3 is 12.1 Å². The number of rotatable bonds is 12. The standard InChI is InChI=1S/C25H31F5N6O2/c26-24(27)12-19(13-24)36(10-2-1-5-18-7-6-16-4-3-9-31-21(16)34-18)11-8-20(22(37)38)35-23-32-14-17(15-33-23)25(28,29)30/h6-7,14-15,19-20H,1-5,8-13H2,(H,31,34)(H,37,38)(H,32,33,35). The van der Waals surface area contributed by atoms with Gasteiger partial charge in [-0.2, -0.15) is 13.2 Å². The molecular weight excluding hydrogens is 511 g/mol. The van der Waals surface area contributed by atoms with E-state index in [-0.39, 0.29) is 37.8 Å². The molecule has 1 unspecified atom stereocenters. The van der Waals surface area contributed by atoms with E-state index in [0.717, 1.165) is 50.2 Å². The van der Waals surface area contributed by atoms with E-state index in [4.69, 9.17) is 0 Å². The molecule has 0 aromatic carbocycles. The number of hydrogen-bond donors (Lipinski definition) is 3. The van der Waals surface area contributed by atoms with Crippen molar-refractivity contribution >= 4 is 17.7 Å². The van der Waals surface area contributed by atoms with Gasteiger partial charge in [0.15, 0.2) is 0 Å². The van der Waals surface area contributed by atoms with E-state index in [0.29, 0.717) is 18.9 Å². The molecule has 3 N–H and O–H groups in total. The summed E-state index contributed by atoms with van der Waals surface area (Å²) in [6.45, 7) is 1.65. The lowest BCUT2D eigenvalue weighted by Gasteiger charge is -2.43. The fraction of sp³-hybridized carbons (Fsp3) is 0.600. The lowest BCUT2D eigenvalue weighted by Crippen LogP contribution is -2.52. The van der Waals surface area contributed by atoms with Crippen LogP contribution in [0, 0.1) is 0 Å². The molecule has 1 aliphatic heterocycles. The van der Waals surface area contributed by atoms with Crippen LogP contribution in [0.1, 0.15) is 55.3 Å². The number of aromatic nitrogens is 3. The highest BCUT2D eigenvalue weighted by atomic mass is 19.4. The van der Waals surface area contributed by atoms with Crippen molar-refractivity contribution in [3.8, 4) is 0 Å². The van der Waals surface area contributed by atoms with Gasteiger partial charge in [0.25, 0.3) is 5.92 Å². The highest BCUT2D eigenvalue weighted by Crippen LogP contribution is 2.40. The molecule has 1 atom stereocenters. The molecule has 8 nitrogen and oxygen atoms in total. The number of halogens is 5. The van der Waals surface area contributed by atoms with Crippen molar-refractivity contribution in [1.29, 1.82) is 0 Å². The van der Waals surface area contributed by atoms with Gasteiger partial charge in [0, 0.05) is 50.1 Å². The van der Waals surface area contributed by atoms with Gasteiger partial charge in [0.1, 0.15) is 11.9 Å². The lowest BCUT2D eigenvalue weighted by atomic mass is 9.86. The average molecular weight is 543 g/mol. The van der Waals surface area contributed by atoms with Crippen LogP contribution in [-0.4, -0.2) is 68.6 Å². The first-order valence-electron chi connectivity index (χ1n) is 12.7. The summed E-state index contributed by atoms with van der Waals surface area (Å²) < 4.78 is 65.3. The van der Waals surface area contributed by atoms with Gasteiger partial charge in [-0.1, -0.05) is 6.07 Å². The van der Waals surface area contributed by atoms with Crippen LogP contribution in [-0.2, 0) is 23.8 Å². The lowest BCUT2D eigenvalue weighted by molar-refractivity contribution is -0.139. The zero-order valence-electron chi connectivity index (χ0n) is 20.8. The predicted molar refractivity (Wildman–Crippen MR) is 130 cm³/mol. The Morgan fingerprint density at radius 3 is 2.58 bits per heavy atom.